The van der Waals surface area contributed by atoms with Crippen molar-refractivity contribution in [3.05, 3.63) is 28.8 Å². The smallest absolute Gasteiger partial charge is 0.230 e. The number of carbonyl (C=O) groups excluding carboxylic acids is 3. The van der Waals surface area contributed by atoms with Gasteiger partial charge in [0, 0.05) is 37.3 Å². The van der Waals surface area contributed by atoms with Gasteiger partial charge in [0.1, 0.15) is 17.4 Å². The second-order valence-electron chi connectivity index (χ2n) is 9.64. The topological polar surface area (TPSA) is 165 Å². The van der Waals surface area contributed by atoms with Gasteiger partial charge < -0.3 is 36.0 Å². The molecule has 0 bridgehead atoms. The summed E-state index contributed by atoms with van der Waals surface area (Å²) in [7, 11) is 6.87. The Hall–Kier alpha value is -2.95. The Morgan fingerprint density at radius 2 is 1.79 bits per heavy atom. The van der Waals surface area contributed by atoms with E-state index in [1.165, 1.54) is 6.07 Å². The van der Waals surface area contributed by atoms with Gasteiger partial charge >= 0.3 is 0 Å². The van der Waals surface area contributed by atoms with Crippen LogP contribution < -0.4 is 10.6 Å². The molecule has 1 aromatic rings. The number of ketones is 2. The van der Waals surface area contributed by atoms with Crippen LogP contribution in [0.3, 0.4) is 0 Å². The van der Waals surface area contributed by atoms with Gasteiger partial charge in [-0.15, -0.1) is 0 Å². The monoisotopic (exact) mass is 459 g/mol. The number of rotatable bonds is 3. The van der Waals surface area contributed by atoms with E-state index in [0.29, 0.717) is 5.56 Å². The molecule has 1 aromatic carbocycles. The van der Waals surface area contributed by atoms with Gasteiger partial charge in [-0.1, -0.05) is 0 Å². The maximum Gasteiger partial charge on any atom is 0.230 e. The second-order valence-corrected chi connectivity index (χ2v) is 9.64. The molecule has 0 aromatic heterocycles. The summed E-state index contributed by atoms with van der Waals surface area (Å²) in [6, 6.07) is 2.21. The number of hydrogen-bond acceptors (Lipinski definition) is 9. The predicted octanol–water partition coefficient (Wildman–Crippen LogP) is -0.805. The standard InChI is InChI=1S/C23H29N3O7/c1-25(2)12-5-6-13(27)15-10(12)7-9-8-11-17(26(3)4)19(29)16(22(24)32)21(31)23(11,33)20(30)14(9)18(15)28/h5-6,9,11,16-17,19,27-29,33H,7-8H2,1-4H3,(H2,24,32)/t9-,11+,16?,17+,19?,23+/m1/s1. The molecule has 0 saturated heterocycles. The summed E-state index contributed by atoms with van der Waals surface area (Å²) in [5.41, 5.74) is 4.05. The number of primary amides is 1. The van der Waals surface area contributed by atoms with Crippen molar-refractivity contribution in [2.45, 2.75) is 30.6 Å². The fraction of sp³-hybridized carbons (Fsp3) is 0.522. The maximum atomic E-state index is 13.7. The summed E-state index contributed by atoms with van der Waals surface area (Å²) in [5.74, 6) is -7.40. The molecule has 2 fully saturated rings. The van der Waals surface area contributed by atoms with E-state index in [0.717, 1.165) is 5.69 Å². The Labute approximate surface area is 190 Å². The number of hydrogen-bond donors (Lipinski definition) is 5. The lowest BCUT2D eigenvalue weighted by molar-refractivity contribution is -0.184. The van der Waals surface area contributed by atoms with E-state index in [4.69, 9.17) is 5.73 Å². The number of carbonyl (C=O) groups is 3. The van der Waals surface area contributed by atoms with Crippen molar-refractivity contribution in [1.29, 1.82) is 0 Å². The molecule has 10 heteroatoms. The first-order valence-electron chi connectivity index (χ1n) is 10.7. The van der Waals surface area contributed by atoms with E-state index in [1.807, 2.05) is 19.0 Å². The van der Waals surface area contributed by atoms with Crippen LogP contribution in [0.5, 0.6) is 5.75 Å². The van der Waals surface area contributed by atoms with Gasteiger partial charge in [-0.3, -0.25) is 14.4 Å². The minimum absolute atomic E-state index is 0.0850. The third-order valence-corrected chi connectivity index (χ3v) is 7.43. The van der Waals surface area contributed by atoms with Gasteiger partial charge in [0.15, 0.2) is 11.4 Å². The molecule has 4 rings (SSSR count). The summed E-state index contributed by atoms with van der Waals surface area (Å²) in [6.07, 6.45) is -1.13. The average molecular weight is 459 g/mol. The molecule has 33 heavy (non-hydrogen) atoms. The van der Waals surface area contributed by atoms with Crippen LogP contribution in [0.2, 0.25) is 0 Å². The Morgan fingerprint density at radius 1 is 1.15 bits per heavy atom. The fourth-order valence-electron chi connectivity index (χ4n) is 6.01. The van der Waals surface area contributed by atoms with Crippen molar-refractivity contribution in [3.8, 4) is 5.75 Å². The van der Waals surface area contributed by atoms with E-state index in [9.17, 15) is 34.8 Å². The molecule has 0 heterocycles. The predicted molar refractivity (Wildman–Crippen MR) is 118 cm³/mol. The van der Waals surface area contributed by atoms with Gasteiger partial charge in [0.25, 0.3) is 0 Å². The van der Waals surface area contributed by atoms with Crippen LogP contribution in [0.4, 0.5) is 5.69 Å². The quantitative estimate of drug-likeness (QED) is 0.364. The zero-order valence-electron chi connectivity index (χ0n) is 18.9. The van der Waals surface area contributed by atoms with Crippen molar-refractivity contribution in [2.24, 2.45) is 23.5 Å². The summed E-state index contributed by atoms with van der Waals surface area (Å²) in [4.78, 5) is 42.3. The molecular weight excluding hydrogens is 430 g/mol. The van der Waals surface area contributed by atoms with Crippen LogP contribution in [0.25, 0.3) is 5.76 Å². The summed E-state index contributed by atoms with van der Waals surface area (Å²) in [5, 5.41) is 44.0. The van der Waals surface area contributed by atoms with E-state index < -0.39 is 58.7 Å². The highest BCUT2D eigenvalue weighted by molar-refractivity contribution is 6.25. The average Bonchev–Trinajstić information content (AvgIpc) is 2.70. The Balaban J connectivity index is 1.94. The number of amides is 1. The van der Waals surface area contributed by atoms with Gasteiger partial charge in [-0.25, -0.2) is 0 Å². The van der Waals surface area contributed by atoms with Crippen LogP contribution >= 0.6 is 0 Å². The zero-order valence-corrected chi connectivity index (χ0v) is 18.9. The molecule has 2 saturated carbocycles. The van der Waals surface area contributed by atoms with Crippen molar-refractivity contribution in [2.75, 3.05) is 33.1 Å². The molecule has 0 aliphatic heterocycles. The number of fused-ring (bicyclic) bond motifs is 3. The second kappa shape index (κ2) is 7.54. The highest BCUT2D eigenvalue weighted by Crippen LogP contribution is 2.53. The minimum Gasteiger partial charge on any atom is -0.507 e. The lowest BCUT2D eigenvalue weighted by Gasteiger charge is -2.53. The Morgan fingerprint density at radius 3 is 2.33 bits per heavy atom. The lowest BCUT2D eigenvalue weighted by Crippen LogP contribution is -2.73. The number of aliphatic hydroxyl groups is 3. The fourth-order valence-corrected chi connectivity index (χ4v) is 6.01. The molecule has 178 valence electrons. The Bertz CT molecular complexity index is 1100. The number of nitrogens with zero attached hydrogens (tertiary/aromatic N) is 2. The van der Waals surface area contributed by atoms with Crippen molar-refractivity contribution in [3.63, 3.8) is 0 Å². The first kappa shape index (κ1) is 23.2. The third kappa shape index (κ3) is 3.01. The van der Waals surface area contributed by atoms with Gasteiger partial charge in [-0.05, 0) is 50.6 Å². The van der Waals surface area contributed by atoms with Crippen LogP contribution in [0.15, 0.2) is 17.7 Å². The normalized spacial score (nSPS) is 33.5. The molecule has 10 nitrogen and oxygen atoms in total. The van der Waals surface area contributed by atoms with Gasteiger partial charge in [0.05, 0.1) is 11.7 Å². The third-order valence-electron chi connectivity index (χ3n) is 7.43. The van der Waals surface area contributed by atoms with Crippen molar-refractivity contribution in [1.82, 2.24) is 4.90 Å². The number of aliphatic hydroxyl groups excluding tert-OH is 2. The Kier molecular flexibility index (Phi) is 5.31. The molecule has 0 spiro atoms. The molecule has 0 radical (unpaired) electrons. The summed E-state index contributed by atoms with van der Waals surface area (Å²) in [6.45, 7) is 0. The number of anilines is 1. The molecule has 6 atom stereocenters. The summed E-state index contributed by atoms with van der Waals surface area (Å²) < 4.78 is 0. The van der Waals surface area contributed by atoms with Gasteiger partial charge in [-0.2, -0.15) is 0 Å². The molecule has 3 aliphatic carbocycles. The number of benzene rings is 1. The molecule has 6 N–H and O–H groups in total. The minimum atomic E-state index is -2.64. The highest BCUT2D eigenvalue weighted by Gasteiger charge is 2.67. The lowest BCUT2D eigenvalue weighted by atomic mass is 9.54. The number of likely N-dealkylation sites (N-methyl/N-ethyl adjacent to an activating group) is 1. The van der Waals surface area contributed by atoms with Crippen LogP contribution in [0.1, 0.15) is 17.5 Å². The molecule has 3 aliphatic rings. The SMILES string of the molecule is CN(C)c1ccc(O)c2c1C[C@@H]1C[C@H]3[C@H](N(C)C)C(O)C(C(N)=O)C(=O)[C@@]3(O)C(=O)C1=C2O. The number of aromatic hydroxyl groups is 1. The van der Waals surface area contributed by atoms with E-state index >= 15 is 0 Å². The van der Waals surface area contributed by atoms with E-state index in [2.05, 4.69) is 0 Å². The van der Waals surface area contributed by atoms with Crippen molar-refractivity contribution < 1.29 is 34.8 Å². The summed E-state index contributed by atoms with van der Waals surface area (Å²) >= 11 is 0. The van der Waals surface area contributed by atoms with Crippen LogP contribution in [0, 0.1) is 17.8 Å². The number of phenols is 1. The number of nitrogens with two attached hydrogens (primary N) is 1. The van der Waals surface area contributed by atoms with Crippen LogP contribution in [-0.2, 0) is 20.8 Å². The highest BCUT2D eigenvalue weighted by atomic mass is 16.3. The largest absolute Gasteiger partial charge is 0.507 e. The van der Waals surface area contributed by atoms with Crippen molar-refractivity contribution >= 4 is 28.9 Å². The zero-order chi connectivity index (χ0) is 24.6. The van der Waals surface area contributed by atoms with Gasteiger partial charge in [0.2, 0.25) is 11.7 Å². The first-order chi connectivity index (χ1) is 15.3. The number of phenolic OH excluding ortho intramolecular Hbond substituents is 1. The molecule has 1 amide bonds. The van der Waals surface area contributed by atoms with Crippen LogP contribution in [-0.4, -0.2) is 88.7 Å². The first-order valence-corrected chi connectivity index (χ1v) is 10.7. The maximum absolute atomic E-state index is 13.7. The van der Waals surface area contributed by atoms with E-state index in [-0.39, 0.29) is 29.7 Å². The number of Topliss-reactive ketones (excluding diaryl/α,β-unsaturated/α-hetero) is 2. The van der Waals surface area contributed by atoms with E-state index in [1.54, 1.807) is 25.1 Å². The molecule has 2 unspecified atom stereocenters. The molecular formula is C23H29N3O7.